The first-order valence-corrected chi connectivity index (χ1v) is 6.47. The van der Waals surface area contributed by atoms with Crippen molar-refractivity contribution in [3.63, 3.8) is 0 Å². The molecule has 0 spiro atoms. The van der Waals surface area contributed by atoms with E-state index in [1.807, 2.05) is 24.0 Å². The van der Waals surface area contributed by atoms with Crippen LogP contribution in [0.5, 0.6) is 0 Å². The van der Waals surface area contributed by atoms with E-state index >= 15 is 0 Å². The molecule has 1 aromatic heterocycles. The third-order valence-electron chi connectivity index (χ3n) is 2.02. The molecule has 14 heavy (non-hydrogen) atoms. The molecular formula is C11H16ClNS. The van der Waals surface area contributed by atoms with Crippen LogP contribution >= 0.6 is 23.4 Å². The van der Waals surface area contributed by atoms with Crippen LogP contribution in [0.2, 0.25) is 0 Å². The van der Waals surface area contributed by atoms with Gasteiger partial charge in [-0.3, -0.25) is 4.98 Å². The van der Waals surface area contributed by atoms with Crippen LogP contribution in [0, 0.1) is 12.8 Å². The predicted octanol–water partition coefficient (Wildman–Crippen LogP) is 3.50. The second kappa shape index (κ2) is 6.31. The summed E-state index contributed by atoms with van der Waals surface area (Å²) in [7, 11) is 0. The van der Waals surface area contributed by atoms with Crippen LogP contribution in [0.25, 0.3) is 0 Å². The Morgan fingerprint density at radius 3 is 3.00 bits per heavy atom. The molecule has 1 rings (SSSR count). The minimum atomic E-state index is 0.589. The highest BCUT2D eigenvalue weighted by atomic mass is 35.5. The molecule has 0 aliphatic carbocycles. The smallest absolute Gasteiger partial charge is 0.0531 e. The van der Waals surface area contributed by atoms with Crippen LogP contribution in [-0.2, 0) is 5.75 Å². The van der Waals surface area contributed by atoms with Crippen molar-refractivity contribution < 1.29 is 0 Å². The van der Waals surface area contributed by atoms with Crippen LogP contribution in [0.3, 0.4) is 0 Å². The third kappa shape index (κ3) is 3.89. The quantitative estimate of drug-likeness (QED) is 0.717. The number of pyridine rings is 1. The molecule has 0 aliphatic rings. The van der Waals surface area contributed by atoms with Crippen molar-refractivity contribution in [3.05, 3.63) is 29.6 Å². The van der Waals surface area contributed by atoms with Crippen molar-refractivity contribution in [2.45, 2.75) is 19.6 Å². The van der Waals surface area contributed by atoms with Gasteiger partial charge in [0.25, 0.3) is 0 Å². The predicted molar refractivity (Wildman–Crippen MR) is 65.0 cm³/mol. The van der Waals surface area contributed by atoms with Crippen LogP contribution < -0.4 is 0 Å². The molecule has 0 saturated heterocycles. The number of hydrogen-bond donors (Lipinski definition) is 0. The fourth-order valence-electron chi connectivity index (χ4n) is 1.07. The number of aromatic nitrogens is 1. The fourth-order valence-corrected chi connectivity index (χ4v) is 2.44. The molecule has 1 heterocycles. The maximum Gasteiger partial charge on any atom is 0.0531 e. The first-order valence-electron chi connectivity index (χ1n) is 4.78. The molecule has 0 amide bonds. The van der Waals surface area contributed by atoms with Gasteiger partial charge in [-0.15, -0.1) is 11.6 Å². The molecule has 0 radical (unpaired) electrons. The number of thioether (sulfide) groups is 1. The van der Waals surface area contributed by atoms with E-state index in [1.165, 1.54) is 11.3 Å². The summed E-state index contributed by atoms with van der Waals surface area (Å²) in [5.74, 6) is 3.44. The summed E-state index contributed by atoms with van der Waals surface area (Å²) in [5.41, 5.74) is 2.47. The Bertz CT molecular complexity index is 278. The van der Waals surface area contributed by atoms with E-state index in [0.717, 1.165) is 17.4 Å². The lowest BCUT2D eigenvalue weighted by atomic mass is 10.2. The van der Waals surface area contributed by atoms with E-state index in [2.05, 4.69) is 24.9 Å². The van der Waals surface area contributed by atoms with Crippen molar-refractivity contribution in [2.24, 2.45) is 5.92 Å². The second-order valence-corrected chi connectivity index (χ2v) is 4.88. The van der Waals surface area contributed by atoms with Gasteiger partial charge in [0.05, 0.1) is 5.69 Å². The Kier molecular flexibility index (Phi) is 5.34. The average Bonchev–Trinajstić information content (AvgIpc) is 2.20. The summed E-state index contributed by atoms with van der Waals surface area (Å²) in [4.78, 5) is 4.35. The van der Waals surface area contributed by atoms with Crippen LogP contribution in [0.1, 0.15) is 18.2 Å². The zero-order valence-electron chi connectivity index (χ0n) is 8.66. The summed E-state index contributed by atoms with van der Waals surface area (Å²) >= 11 is 7.64. The number of halogens is 1. The molecule has 1 unspecified atom stereocenters. The molecule has 78 valence electrons. The van der Waals surface area contributed by atoms with E-state index in [1.54, 1.807) is 0 Å². The van der Waals surface area contributed by atoms with Gasteiger partial charge in [0.15, 0.2) is 0 Å². The monoisotopic (exact) mass is 229 g/mol. The van der Waals surface area contributed by atoms with Gasteiger partial charge in [0.1, 0.15) is 0 Å². The van der Waals surface area contributed by atoms with E-state index < -0.39 is 0 Å². The first-order chi connectivity index (χ1) is 6.74. The lowest BCUT2D eigenvalue weighted by Gasteiger charge is -2.07. The molecule has 0 saturated carbocycles. The molecule has 1 aromatic rings. The van der Waals surface area contributed by atoms with E-state index in [9.17, 15) is 0 Å². The van der Waals surface area contributed by atoms with Crippen molar-refractivity contribution in [1.29, 1.82) is 0 Å². The Hall–Kier alpha value is -0.210. The molecule has 0 bridgehead atoms. The highest BCUT2D eigenvalue weighted by Gasteiger charge is 2.02. The van der Waals surface area contributed by atoms with Crippen molar-refractivity contribution >= 4 is 23.4 Å². The van der Waals surface area contributed by atoms with E-state index in [4.69, 9.17) is 11.6 Å². The number of aryl methyl sites for hydroxylation is 1. The Morgan fingerprint density at radius 1 is 1.57 bits per heavy atom. The minimum absolute atomic E-state index is 0.589. The lowest BCUT2D eigenvalue weighted by Crippen LogP contribution is -2.00. The Labute approximate surface area is 95.3 Å². The normalized spacial score (nSPS) is 12.8. The van der Waals surface area contributed by atoms with E-state index in [0.29, 0.717) is 5.92 Å². The minimum Gasteiger partial charge on any atom is -0.260 e. The van der Waals surface area contributed by atoms with Gasteiger partial charge in [0, 0.05) is 17.8 Å². The highest BCUT2D eigenvalue weighted by Crippen LogP contribution is 2.16. The number of alkyl halides is 1. The summed E-state index contributed by atoms with van der Waals surface area (Å²) < 4.78 is 0. The Morgan fingerprint density at radius 2 is 2.36 bits per heavy atom. The largest absolute Gasteiger partial charge is 0.260 e. The molecular weight excluding hydrogens is 214 g/mol. The highest BCUT2D eigenvalue weighted by molar-refractivity contribution is 7.98. The van der Waals surface area contributed by atoms with Crippen molar-refractivity contribution in [2.75, 3.05) is 11.6 Å². The van der Waals surface area contributed by atoms with Gasteiger partial charge in [-0.25, -0.2) is 0 Å². The summed E-state index contributed by atoms with van der Waals surface area (Å²) in [6, 6.07) is 4.08. The molecule has 1 atom stereocenters. The van der Waals surface area contributed by atoms with E-state index in [-0.39, 0.29) is 0 Å². The zero-order valence-corrected chi connectivity index (χ0v) is 10.2. The molecule has 0 fully saturated rings. The summed E-state index contributed by atoms with van der Waals surface area (Å²) in [6.07, 6.45) is 1.86. The maximum atomic E-state index is 5.74. The van der Waals surface area contributed by atoms with Crippen LogP contribution in [-0.4, -0.2) is 16.6 Å². The molecule has 0 N–H and O–H groups in total. The van der Waals surface area contributed by atoms with Crippen LogP contribution in [0.15, 0.2) is 18.3 Å². The summed E-state index contributed by atoms with van der Waals surface area (Å²) in [5, 5.41) is 0. The lowest BCUT2D eigenvalue weighted by molar-refractivity contribution is 0.758. The Balaban J connectivity index is 2.35. The topological polar surface area (TPSA) is 12.9 Å². The van der Waals surface area contributed by atoms with Gasteiger partial charge in [-0.1, -0.05) is 13.0 Å². The van der Waals surface area contributed by atoms with Gasteiger partial charge in [-0.2, -0.15) is 11.8 Å². The molecule has 0 aromatic carbocycles. The molecule has 3 heteroatoms. The molecule has 1 nitrogen and oxygen atoms in total. The second-order valence-electron chi connectivity index (χ2n) is 3.54. The number of rotatable bonds is 5. The molecule has 0 aliphatic heterocycles. The third-order valence-corrected chi connectivity index (χ3v) is 3.83. The first kappa shape index (κ1) is 11.9. The summed E-state index contributed by atoms with van der Waals surface area (Å²) in [6.45, 7) is 4.28. The number of hydrogen-bond acceptors (Lipinski definition) is 2. The van der Waals surface area contributed by atoms with Gasteiger partial charge in [0.2, 0.25) is 0 Å². The standard InChI is InChI=1S/C11H16ClNS/c1-9(6-12)7-14-8-11-10(2)4-3-5-13-11/h3-5,9H,6-8H2,1-2H3. The average molecular weight is 230 g/mol. The maximum absolute atomic E-state index is 5.74. The van der Waals surface area contributed by atoms with Crippen LogP contribution in [0.4, 0.5) is 0 Å². The van der Waals surface area contributed by atoms with Gasteiger partial charge in [-0.05, 0) is 30.2 Å². The zero-order chi connectivity index (χ0) is 10.4. The fraction of sp³-hybridized carbons (Fsp3) is 0.545. The van der Waals surface area contributed by atoms with Crippen molar-refractivity contribution in [1.82, 2.24) is 4.98 Å². The number of nitrogens with zero attached hydrogens (tertiary/aromatic N) is 1. The van der Waals surface area contributed by atoms with Gasteiger partial charge < -0.3 is 0 Å². The van der Waals surface area contributed by atoms with Gasteiger partial charge >= 0.3 is 0 Å². The van der Waals surface area contributed by atoms with Crippen molar-refractivity contribution in [3.8, 4) is 0 Å². The SMILES string of the molecule is Cc1cccnc1CSCC(C)CCl.